The third-order valence-corrected chi connectivity index (χ3v) is 11.1. The molecule has 0 spiro atoms. The Morgan fingerprint density at radius 2 is 1.73 bits per heavy atom. The predicted octanol–water partition coefficient (Wildman–Crippen LogP) is 5.51. The van der Waals surface area contributed by atoms with Crippen LogP contribution in [-0.2, 0) is 20.8 Å². The zero-order valence-electron chi connectivity index (χ0n) is 37.1. The van der Waals surface area contributed by atoms with Gasteiger partial charge in [0, 0.05) is 57.0 Å². The summed E-state index contributed by atoms with van der Waals surface area (Å²) in [6.45, 7) is 9.83. The van der Waals surface area contributed by atoms with E-state index < -0.39 is 5.69 Å². The molecule has 0 fully saturated rings. The summed E-state index contributed by atoms with van der Waals surface area (Å²) in [5, 5.41) is 42.9. The van der Waals surface area contributed by atoms with Gasteiger partial charge in [-0.1, -0.05) is 13.8 Å². The van der Waals surface area contributed by atoms with Crippen LogP contribution < -0.4 is 25.8 Å². The Labute approximate surface area is 380 Å². The maximum Gasteiger partial charge on any atom is 0.348 e. The molecule has 9 rings (SSSR count). The summed E-state index contributed by atoms with van der Waals surface area (Å²) < 4.78 is 28.7. The first-order chi connectivity index (χ1) is 32.2. The number of rotatable bonds is 17. The number of ether oxygens (including phenoxy) is 4. The molecule has 4 aromatic heterocycles. The third-order valence-electron chi connectivity index (χ3n) is 11.1. The molecule has 0 saturated carbocycles. The largest absolute Gasteiger partial charge is 0.508 e. The van der Waals surface area contributed by atoms with E-state index in [0.717, 1.165) is 60.8 Å². The summed E-state index contributed by atoms with van der Waals surface area (Å²) in [7, 11) is 0. The number of aromatic amines is 1. The molecule has 19 heteroatoms. The number of aryl methyl sites for hydroxylation is 1. The van der Waals surface area contributed by atoms with Crippen LogP contribution in [0.2, 0.25) is 0 Å². The number of amides is 1. The fourth-order valence-corrected chi connectivity index (χ4v) is 7.57. The zero-order valence-corrected chi connectivity index (χ0v) is 37.1. The molecular weight excluding hydrogens is 847 g/mol. The smallest absolute Gasteiger partial charge is 0.348 e. The fraction of sp³-hybridized carbons (Fsp3) is 0.362. The number of benzene rings is 3. The van der Waals surface area contributed by atoms with E-state index in [1.54, 1.807) is 42.7 Å². The van der Waals surface area contributed by atoms with E-state index >= 15 is 0 Å². The van der Waals surface area contributed by atoms with Gasteiger partial charge in [0.2, 0.25) is 11.9 Å². The SMILES string of the molecule is CC(C)c1cc(-c2n[nH]c(=O)n2-c2ccc(OCCCNC(=O)CCOCCOCCN3CCCn4cc(cn4)Nc4ncc5ccc(n5n4)-c4ccc(cc4)OCC3)cc2)c(O)cc1O. The second-order valence-corrected chi connectivity index (χ2v) is 16.1. The highest BCUT2D eigenvalue weighted by atomic mass is 16.5. The summed E-state index contributed by atoms with van der Waals surface area (Å²) in [4.78, 5) is 32.0. The number of fused-ring (bicyclic) bond motifs is 8. The van der Waals surface area contributed by atoms with Crippen LogP contribution in [0.5, 0.6) is 23.0 Å². The molecule has 0 radical (unpaired) electrons. The van der Waals surface area contributed by atoms with Crippen molar-refractivity contribution in [2.75, 3.05) is 71.1 Å². The number of hydrogen-bond acceptors (Lipinski definition) is 14. The molecule has 0 aliphatic carbocycles. The number of aromatic hydroxyl groups is 2. The van der Waals surface area contributed by atoms with Crippen molar-refractivity contribution < 1.29 is 34.0 Å². The number of carbonyl (C=O) groups excluding carboxylic acids is 1. The van der Waals surface area contributed by atoms with Crippen LogP contribution in [0.15, 0.2) is 96.2 Å². The first-order valence-corrected chi connectivity index (χ1v) is 22.2. The van der Waals surface area contributed by atoms with E-state index in [9.17, 15) is 19.8 Å². The minimum atomic E-state index is -0.482. The van der Waals surface area contributed by atoms with Gasteiger partial charge in [-0.25, -0.2) is 24.0 Å². The Balaban J connectivity index is 0.707. The van der Waals surface area contributed by atoms with E-state index in [4.69, 9.17) is 24.0 Å². The Bertz CT molecular complexity index is 2750. The minimum Gasteiger partial charge on any atom is -0.508 e. The number of anilines is 2. The quantitative estimate of drug-likeness (QED) is 0.0713. The second kappa shape index (κ2) is 21.6. The van der Waals surface area contributed by atoms with Crippen LogP contribution in [0, 0.1) is 0 Å². The highest BCUT2D eigenvalue weighted by molar-refractivity contribution is 5.76. The average Bonchev–Trinajstić information content (AvgIpc) is 4.05. The summed E-state index contributed by atoms with van der Waals surface area (Å²) >= 11 is 0. The summed E-state index contributed by atoms with van der Waals surface area (Å²) in [6, 6.07) is 21.9. The number of nitrogens with zero attached hydrogens (tertiary/aromatic N) is 8. The van der Waals surface area contributed by atoms with Gasteiger partial charge < -0.3 is 39.8 Å². The lowest BCUT2D eigenvalue weighted by molar-refractivity contribution is -0.122. The van der Waals surface area contributed by atoms with Gasteiger partial charge in [0.25, 0.3) is 0 Å². The van der Waals surface area contributed by atoms with Crippen LogP contribution in [0.1, 0.15) is 44.6 Å². The van der Waals surface area contributed by atoms with Crippen LogP contribution in [0.4, 0.5) is 11.6 Å². The molecule has 3 aromatic carbocycles. The van der Waals surface area contributed by atoms with Gasteiger partial charge in [-0.05, 0) is 91.1 Å². The summed E-state index contributed by atoms with van der Waals surface area (Å²) in [6.07, 6.45) is 7.24. The lowest BCUT2D eigenvalue weighted by atomic mass is 9.98. The Kier molecular flexibility index (Phi) is 14.9. The molecule has 19 nitrogen and oxygen atoms in total. The van der Waals surface area contributed by atoms with Gasteiger partial charge in [-0.15, -0.1) is 5.10 Å². The topological polar surface area (TPSA) is 220 Å². The molecule has 2 aliphatic rings. The third kappa shape index (κ3) is 11.5. The van der Waals surface area contributed by atoms with Gasteiger partial charge in [0.05, 0.1) is 73.6 Å². The predicted molar refractivity (Wildman–Crippen MR) is 247 cm³/mol. The van der Waals surface area contributed by atoms with Crippen molar-refractivity contribution in [3.63, 3.8) is 0 Å². The Hall–Kier alpha value is -7.22. The number of phenolic OH excluding ortho intramolecular Hbond substituents is 2. The van der Waals surface area contributed by atoms with Gasteiger partial charge in [0.15, 0.2) is 5.82 Å². The number of nitrogens with one attached hydrogen (secondary N) is 3. The molecular formula is C47H55N11O8. The molecule has 6 heterocycles. The van der Waals surface area contributed by atoms with Crippen molar-refractivity contribution in [3.8, 4) is 51.3 Å². The molecule has 2 aliphatic heterocycles. The van der Waals surface area contributed by atoms with E-state index in [0.29, 0.717) is 74.5 Å². The van der Waals surface area contributed by atoms with Gasteiger partial charge in [-0.3, -0.25) is 14.4 Å². The van der Waals surface area contributed by atoms with Gasteiger partial charge in [-0.2, -0.15) is 10.2 Å². The molecule has 346 valence electrons. The van der Waals surface area contributed by atoms with Crippen molar-refractivity contribution in [3.05, 3.63) is 107 Å². The maximum absolute atomic E-state index is 12.7. The summed E-state index contributed by atoms with van der Waals surface area (Å²) in [5.74, 6) is 1.73. The van der Waals surface area contributed by atoms with Crippen LogP contribution in [-0.4, -0.2) is 126 Å². The highest BCUT2D eigenvalue weighted by Gasteiger charge is 2.20. The molecule has 6 bridgehead atoms. The van der Waals surface area contributed by atoms with Crippen molar-refractivity contribution in [1.29, 1.82) is 0 Å². The molecule has 1 amide bonds. The van der Waals surface area contributed by atoms with E-state index in [1.807, 2.05) is 65.6 Å². The van der Waals surface area contributed by atoms with E-state index in [2.05, 4.69) is 35.8 Å². The number of phenols is 2. The number of aromatic nitrogens is 8. The molecule has 5 N–H and O–H groups in total. The van der Waals surface area contributed by atoms with Crippen LogP contribution in [0.3, 0.4) is 0 Å². The number of hydrogen-bond donors (Lipinski definition) is 5. The van der Waals surface area contributed by atoms with Crippen molar-refractivity contribution in [1.82, 2.24) is 49.4 Å². The van der Waals surface area contributed by atoms with Crippen molar-refractivity contribution >= 4 is 23.1 Å². The minimum absolute atomic E-state index is 0.0164. The molecule has 7 aromatic rings. The van der Waals surface area contributed by atoms with E-state index in [1.165, 1.54) is 10.6 Å². The monoisotopic (exact) mass is 901 g/mol. The second-order valence-electron chi connectivity index (χ2n) is 16.1. The lowest BCUT2D eigenvalue weighted by Gasteiger charge is -2.22. The number of carbonyl (C=O) groups is 1. The molecule has 0 atom stereocenters. The molecule has 0 saturated heterocycles. The van der Waals surface area contributed by atoms with Gasteiger partial charge in [0.1, 0.15) is 29.6 Å². The van der Waals surface area contributed by atoms with Crippen LogP contribution >= 0.6 is 0 Å². The van der Waals surface area contributed by atoms with Crippen molar-refractivity contribution in [2.24, 2.45) is 0 Å². The Morgan fingerprint density at radius 3 is 2.55 bits per heavy atom. The summed E-state index contributed by atoms with van der Waals surface area (Å²) in [5.41, 5.74) is 4.65. The zero-order chi connectivity index (χ0) is 45.8. The lowest BCUT2D eigenvalue weighted by Crippen LogP contribution is -2.33. The average molecular weight is 902 g/mol. The van der Waals surface area contributed by atoms with E-state index in [-0.39, 0.29) is 42.2 Å². The first-order valence-electron chi connectivity index (χ1n) is 22.2. The normalized spacial score (nSPS) is 13.3. The molecule has 66 heavy (non-hydrogen) atoms. The maximum atomic E-state index is 12.7. The number of H-pyrrole nitrogens is 1. The fourth-order valence-electron chi connectivity index (χ4n) is 7.57. The standard InChI is InChI=1S/C47H55N11O8/c1-32(2)39-27-40(43(60)28-42(39)59)45-52-53-47(62)57(45)35-7-12-38(13-8-35)65-21-3-16-48-44(61)15-22-63-25-26-64-23-19-55-17-4-18-56-31-34(29-50-56)51-46-49-30-36-9-14-41(58(36)54-46)33-5-10-37(11-6-33)66-24-20-55/h5-14,27-32,59-60H,3-4,15-26H2,1-2H3,(H,48,61)(H,51,54)(H,53,62). The highest BCUT2D eigenvalue weighted by Crippen LogP contribution is 2.37. The first kappa shape index (κ1) is 45.4. The Morgan fingerprint density at radius 1 is 0.909 bits per heavy atom. The van der Waals surface area contributed by atoms with Crippen molar-refractivity contribution in [2.45, 2.75) is 45.6 Å². The molecule has 0 unspecified atom stereocenters. The van der Waals surface area contributed by atoms with Gasteiger partial charge >= 0.3 is 5.69 Å². The van der Waals surface area contributed by atoms with Crippen LogP contribution in [0.25, 0.3) is 33.8 Å².